The van der Waals surface area contributed by atoms with E-state index < -0.39 is 0 Å². The average Bonchev–Trinajstić information content (AvgIpc) is 2.72. The van der Waals surface area contributed by atoms with Gasteiger partial charge in [-0.25, -0.2) is 0 Å². The number of hydrogen-bond acceptors (Lipinski definition) is 2. The molecular formula is C15H29NO. The van der Waals surface area contributed by atoms with Crippen molar-refractivity contribution in [2.75, 3.05) is 19.7 Å². The lowest BCUT2D eigenvalue weighted by molar-refractivity contribution is 0.0599. The quantitative estimate of drug-likeness (QED) is 0.566. The molecule has 1 N–H and O–H groups in total. The van der Waals surface area contributed by atoms with E-state index in [1.807, 2.05) is 0 Å². The van der Waals surface area contributed by atoms with Gasteiger partial charge < -0.3 is 10.1 Å². The summed E-state index contributed by atoms with van der Waals surface area (Å²) in [6, 6.07) is 0. The van der Waals surface area contributed by atoms with Gasteiger partial charge in [0.1, 0.15) is 0 Å². The predicted molar refractivity (Wildman–Crippen MR) is 72.3 cm³/mol. The number of hydrogen-bond donors (Lipinski definition) is 1. The fraction of sp³-hybridized carbons (Fsp3) is 1.00. The predicted octanol–water partition coefficient (Wildman–Crippen LogP) is 3.51. The first-order valence-corrected chi connectivity index (χ1v) is 7.77. The van der Waals surface area contributed by atoms with Crippen molar-refractivity contribution in [3.63, 3.8) is 0 Å². The summed E-state index contributed by atoms with van der Waals surface area (Å²) in [6.45, 7) is 3.18. The van der Waals surface area contributed by atoms with Crippen LogP contribution in [0.1, 0.15) is 64.2 Å². The van der Waals surface area contributed by atoms with Gasteiger partial charge in [0.05, 0.1) is 12.7 Å². The standard InChI is InChI=1S/C15H29NO/c1-2-4-8-14(7-3-1)13-16-11-12-17-15-9-5-6-10-15/h14-16H,1-13H2. The molecule has 2 aliphatic carbocycles. The Balaban J connectivity index is 1.44. The maximum Gasteiger partial charge on any atom is 0.0594 e. The molecule has 0 spiro atoms. The Hall–Kier alpha value is -0.0800. The highest BCUT2D eigenvalue weighted by molar-refractivity contribution is 4.68. The largest absolute Gasteiger partial charge is 0.377 e. The molecule has 2 heteroatoms. The van der Waals surface area contributed by atoms with Crippen LogP contribution in [0, 0.1) is 5.92 Å². The second-order valence-electron chi connectivity index (χ2n) is 5.84. The van der Waals surface area contributed by atoms with Crippen molar-refractivity contribution in [3.05, 3.63) is 0 Å². The van der Waals surface area contributed by atoms with Crippen LogP contribution >= 0.6 is 0 Å². The second kappa shape index (κ2) is 8.10. The highest BCUT2D eigenvalue weighted by Gasteiger charge is 2.15. The normalized spacial score (nSPS) is 24.0. The van der Waals surface area contributed by atoms with Gasteiger partial charge in [-0.05, 0) is 38.1 Å². The summed E-state index contributed by atoms with van der Waals surface area (Å²) in [5.41, 5.74) is 0. The van der Waals surface area contributed by atoms with Gasteiger partial charge in [-0.2, -0.15) is 0 Å². The molecule has 0 saturated heterocycles. The first kappa shape index (κ1) is 13.4. The van der Waals surface area contributed by atoms with Crippen LogP contribution in [0.5, 0.6) is 0 Å². The van der Waals surface area contributed by atoms with Gasteiger partial charge in [0, 0.05) is 6.54 Å². The highest BCUT2D eigenvalue weighted by Crippen LogP contribution is 2.22. The Morgan fingerprint density at radius 1 is 0.824 bits per heavy atom. The van der Waals surface area contributed by atoms with Crippen LogP contribution in [-0.4, -0.2) is 25.8 Å². The van der Waals surface area contributed by atoms with Crippen molar-refractivity contribution >= 4 is 0 Å². The van der Waals surface area contributed by atoms with Gasteiger partial charge >= 0.3 is 0 Å². The topological polar surface area (TPSA) is 21.3 Å². The fourth-order valence-corrected chi connectivity index (χ4v) is 3.23. The summed E-state index contributed by atoms with van der Waals surface area (Å²) in [5, 5.41) is 3.58. The van der Waals surface area contributed by atoms with Crippen molar-refractivity contribution < 1.29 is 4.74 Å². The van der Waals surface area contributed by atoms with Crippen LogP contribution in [-0.2, 0) is 4.74 Å². The SMILES string of the molecule is C1CCCC(CNCCOC2CCCC2)CC1. The molecule has 0 bridgehead atoms. The molecule has 17 heavy (non-hydrogen) atoms. The van der Waals surface area contributed by atoms with E-state index in [9.17, 15) is 0 Å². The lowest BCUT2D eigenvalue weighted by Crippen LogP contribution is -2.27. The lowest BCUT2D eigenvalue weighted by atomic mass is 10.0. The Kier molecular flexibility index (Phi) is 6.36. The third-order valence-corrected chi connectivity index (χ3v) is 4.34. The molecule has 0 aromatic rings. The molecule has 2 saturated carbocycles. The van der Waals surface area contributed by atoms with Crippen LogP contribution in [0.2, 0.25) is 0 Å². The maximum absolute atomic E-state index is 5.85. The van der Waals surface area contributed by atoms with E-state index in [4.69, 9.17) is 4.74 Å². The molecule has 2 aliphatic rings. The zero-order valence-electron chi connectivity index (χ0n) is 11.3. The summed E-state index contributed by atoms with van der Waals surface area (Å²) in [7, 11) is 0. The van der Waals surface area contributed by atoms with Gasteiger partial charge in [0.15, 0.2) is 0 Å². The highest BCUT2D eigenvalue weighted by atomic mass is 16.5. The minimum Gasteiger partial charge on any atom is -0.377 e. The monoisotopic (exact) mass is 239 g/mol. The molecular weight excluding hydrogens is 210 g/mol. The van der Waals surface area contributed by atoms with Crippen molar-refractivity contribution in [2.24, 2.45) is 5.92 Å². The molecule has 0 radical (unpaired) electrons. The summed E-state index contributed by atoms with van der Waals surface area (Å²) < 4.78 is 5.85. The molecule has 2 nitrogen and oxygen atoms in total. The van der Waals surface area contributed by atoms with Crippen LogP contribution in [0.4, 0.5) is 0 Å². The van der Waals surface area contributed by atoms with Crippen LogP contribution in [0.15, 0.2) is 0 Å². The van der Waals surface area contributed by atoms with Crippen molar-refractivity contribution in [2.45, 2.75) is 70.3 Å². The minimum atomic E-state index is 0.578. The Morgan fingerprint density at radius 3 is 2.18 bits per heavy atom. The summed E-state index contributed by atoms with van der Waals surface area (Å²) in [4.78, 5) is 0. The van der Waals surface area contributed by atoms with Crippen molar-refractivity contribution in [3.8, 4) is 0 Å². The van der Waals surface area contributed by atoms with E-state index >= 15 is 0 Å². The van der Waals surface area contributed by atoms with E-state index in [1.165, 1.54) is 70.8 Å². The summed E-state index contributed by atoms with van der Waals surface area (Å²) >= 11 is 0. The van der Waals surface area contributed by atoms with Gasteiger partial charge in [-0.1, -0.05) is 38.5 Å². The number of nitrogens with one attached hydrogen (secondary N) is 1. The lowest BCUT2D eigenvalue weighted by Gasteiger charge is -2.16. The van der Waals surface area contributed by atoms with Crippen molar-refractivity contribution in [1.82, 2.24) is 5.32 Å². The summed E-state index contributed by atoms with van der Waals surface area (Å²) in [6.07, 6.45) is 14.6. The van der Waals surface area contributed by atoms with Crippen molar-refractivity contribution in [1.29, 1.82) is 0 Å². The third kappa shape index (κ3) is 5.39. The van der Waals surface area contributed by atoms with Gasteiger partial charge in [0.25, 0.3) is 0 Å². The molecule has 100 valence electrons. The molecule has 0 atom stereocenters. The Bertz CT molecular complexity index is 181. The van der Waals surface area contributed by atoms with Crippen LogP contribution < -0.4 is 5.32 Å². The van der Waals surface area contributed by atoms with Gasteiger partial charge in [-0.15, -0.1) is 0 Å². The average molecular weight is 239 g/mol. The Labute approximate surface area is 107 Å². The molecule has 0 aromatic heterocycles. The van der Waals surface area contributed by atoms with E-state index in [0.29, 0.717) is 6.10 Å². The zero-order chi connectivity index (χ0) is 11.8. The molecule has 2 fully saturated rings. The molecule has 2 rings (SSSR count). The molecule has 0 aliphatic heterocycles. The molecule has 0 unspecified atom stereocenters. The van der Waals surface area contributed by atoms with Crippen LogP contribution in [0.25, 0.3) is 0 Å². The van der Waals surface area contributed by atoms with E-state index in [-0.39, 0.29) is 0 Å². The molecule has 0 heterocycles. The number of rotatable bonds is 6. The smallest absolute Gasteiger partial charge is 0.0594 e. The van der Waals surface area contributed by atoms with E-state index in [0.717, 1.165) is 19.1 Å². The number of ether oxygens (including phenoxy) is 1. The maximum atomic E-state index is 5.85. The third-order valence-electron chi connectivity index (χ3n) is 4.34. The van der Waals surface area contributed by atoms with Gasteiger partial charge in [0.2, 0.25) is 0 Å². The zero-order valence-corrected chi connectivity index (χ0v) is 11.3. The van der Waals surface area contributed by atoms with E-state index in [1.54, 1.807) is 0 Å². The fourth-order valence-electron chi connectivity index (χ4n) is 3.23. The van der Waals surface area contributed by atoms with Gasteiger partial charge in [-0.3, -0.25) is 0 Å². The first-order valence-electron chi connectivity index (χ1n) is 7.77. The van der Waals surface area contributed by atoms with E-state index in [2.05, 4.69) is 5.32 Å². The summed E-state index contributed by atoms with van der Waals surface area (Å²) in [5.74, 6) is 0.934. The second-order valence-corrected chi connectivity index (χ2v) is 5.84. The molecule has 0 amide bonds. The minimum absolute atomic E-state index is 0.578. The Morgan fingerprint density at radius 2 is 1.47 bits per heavy atom. The molecule has 0 aromatic carbocycles. The van der Waals surface area contributed by atoms with Crippen LogP contribution in [0.3, 0.4) is 0 Å². The first-order chi connectivity index (χ1) is 8.45.